The lowest BCUT2D eigenvalue weighted by molar-refractivity contribution is 0.0937. The molecule has 1 aromatic carbocycles. The summed E-state index contributed by atoms with van der Waals surface area (Å²) in [4.78, 5) is 21.4. The number of aromatic nitrogens is 4. The molecule has 0 radical (unpaired) electrons. The zero-order valence-corrected chi connectivity index (χ0v) is 15.1. The number of hydrogen-bond donors (Lipinski definition) is 1. The minimum Gasteiger partial charge on any atom is -0.340 e. The molecule has 0 saturated carbocycles. The Morgan fingerprint density at radius 2 is 2.00 bits per heavy atom. The first-order chi connectivity index (χ1) is 13.1. The molecule has 0 aliphatic carbocycles. The molecule has 0 saturated heterocycles. The normalized spacial score (nSPS) is 12.1. The third-order valence-corrected chi connectivity index (χ3v) is 4.51. The standard InChI is InChI=1S/C21H19N5O/c1-14-6-7-15(2)17(11-14)20(16-5-3-8-22-13-16)24-21(27)18-12-19-23-9-4-10-26(19)25-18/h3-13,20H,1-2H3,(H,24,27). The maximum absolute atomic E-state index is 12.9. The van der Waals surface area contributed by atoms with Crippen molar-refractivity contribution in [2.45, 2.75) is 19.9 Å². The number of amides is 1. The van der Waals surface area contributed by atoms with Crippen LogP contribution < -0.4 is 5.32 Å². The van der Waals surface area contributed by atoms with Gasteiger partial charge in [-0.15, -0.1) is 0 Å². The van der Waals surface area contributed by atoms with Crippen LogP contribution in [0, 0.1) is 13.8 Å². The molecule has 6 nitrogen and oxygen atoms in total. The smallest absolute Gasteiger partial charge is 0.272 e. The van der Waals surface area contributed by atoms with E-state index in [4.69, 9.17) is 0 Å². The molecule has 0 aliphatic heterocycles. The largest absolute Gasteiger partial charge is 0.340 e. The summed E-state index contributed by atoms with van der Waals surface area (Å²) < 4.78 is 1.59. The molecule has 0 bridgehead atoms. The molecule has 0 spiro atoms. The zero-order valence-electron chi connectivity index (χ0n) is 15.1. The molecular weight excluding hydrogens is 338 g/mol. The predicted molar refractivity (Wildman–Crippen MR) is 102 cm³/mol. The van der Waals surface area contributed by atoms with Crippen LogP contribution in [0.2, 0.25) is 0 Å². The molecule has 27 heavy (non-hydrogen) atoms. The number of nitrogens with zero attached hydrogens (tertiary/aromatic N) is 4. The Labute approximate surface area is 156 Å². The van der Waals surface area contributed by atoms with Crippen LogP contribution in [0.1, 0.15) is 38.8 Å². The summed E-state index contributed by atoms with van der Waals surface area (Å²) in [7, 11) is 0. The summed E-state index contributed by atoms with van der Waals surface area (Å²) in [5.41, 5.74) is 5.15. The fourth-order valence-electron chi connectivity index (χ4n) is 3.10. The van der Waals surface area contributed by atoms with E-state index >= 15 is 0 Å². The van der Waals surface area contributed by atoms with Crippen molar-refractivity contribution in [2.24, 2.45) is 0 Å². The maximum Gasteiger partial charge on any atom is 0.272 e. The quantitative estimate of drug-likeness (QED) is 0.608. The van der Waals surface area contributed by atoms with Gasteiger partial charge in [0, 0.05) is 30.9 Å². The molecule has 4 rings (SSSR count). The second-order valence-corrected chi connectivity index (χ2v) is 6.50. The van der Waals surface area contributed by atoms with Gasteiger partial charge in [0.15, 0.2) is 11.3 Å². The third kappa shape index (κ3) is 3.42. The summed E-state index contributed by atoms with van der Waals surface area (Å²) in [6.07, 6.45) is 6.94. The molecule has 1 amide bonds. The predicted octanol–water partition coefficient (Wildman–Crippen LogP) is 3.26. The van der Waals surface area contributed by atoms with E-state index in [1.54, 1.807) is 41.4 Å². The van der Waals surface area contributed by atoms with Gasteiger partial charge in [-0.05, 0) is 42.7 Å². The zero-order chi connectivity index (χ0) is 18.8. The van der Waals surface area contributed by atoms with Gasteiger partial charge in [0.25, 0.3) is 5.91 Å². The van der Waals surface area contributed by atoms with Crippen molar-refractivity contribution in [3.8, 4) is 0 Å². The van der Waals surface area contributed by atoms with Crippen molar-refractivity contribution in [3.63, 3.8) is 0 Å². The lowest BCUT2D eigenvalue weighted by atomic mass is 9.94. The number of benzene rings is 1. The van der Waals surface area contributed by atoms with E-state index in [-0.39, 0.29) is 11.9 Å². The van der Waals surface area contributed by atoms with E-state index in [2.05, 4.69) is 38.6 Å². The molecule has 1 N–H and O–H groups in total. The molecule has 3 heterocycles. The minimum atomic E-state index is -0.316. The Morgan fingerprint density at radius 1 is 1.11 bits per heavy atom. The Bertz CT molecular complexity index is 1070. The van der Waals surface area contributed by atoms with Crippen LogP contribution in [0.15, 0.2) is 67.3 Å². The summed E-state index contributed by atoms with van der Waals surface area (Å²) in [6.45, 7) is 4.08. The van der Waals surface area contributed by atoms with Crippen LogP contribution >= 0.6 is 0 Å². The van der Waals surface area contributed by atoms with E-state index in [1.165, 1.54) is 0 Å². The first kappa shape index (κ1) is 16.9. The van der Waals surface area contributed by atoms with Crippen molar-refractivity contribution in [1.82, 2.24) is 24.9 Å². The number of pyridine rings is 1. The second-order valence-electron chi connectivity index (χ2n) is 6.50. The number of carbonyl (C=O) groups is 1. The van der Waals surface area contributed by atoms with E-state index in [9.17, 15) is 4.79 Å². The van der Waals surface area contributed by atoms with Crippen molar-refractivity contribution in [2.75, 3.05) is 0 Å². The van der Waals surface area contributed by atoms with E-state index in [0.29, 0.717) is 11.3 Å². The number of rotatable bonds is 4. The summed E-state index contributed by atoms with van der Waals surface area (Å²) in [6, 6.07) is 13.2. The van der Waals surface area contributed by atoms with Crippen LogP contribution in [-0.4, -0.2) is 25.5 Å². The van der Waals surface area contributed by atoms with Crippen molar-refractivity contribution in [3.05, 3.63) is 95.2 Å². The van der Waals surface area contributed by atoms with Crippen LogP contribution in [-0.2, 0) is 0 Å². The fourth-order valence-corrected chi connectivity index (χ4v) is 3.10. The van der Waals surface area contributed by atoms with Gasteiger partial charge in [0.1, 0.15) is 0 Å². The Hall–Kier alpha value is -3.54. The third-order valence-electron chi connectivity index (χ3n) is 4.51. The van der Waals surface area contributed by atoms with Gasteiger partial charge in [0.05, 0.1) is 6.04 Å². The highest BCUT2D eigenvalue weighted by molar-refractivity contribution is 5.93. The molecule has 1 atom stereocenters. The SMILES string of the molecule is Cc1ccc(C)c(C(NC(=O)c2cc3ncccn3n2)c2cccnc2)c1. The van der Waals surface area contributed by atoms with Gasteiger partial charge >= 0.3 is 0 Å². The number of hydrogen-bond acceptors (Lipinski definition) is 4. The molecule has 0 aliphatic rings. The number of nitrogens with one attached hydrogen (secondary N) is 1. The fraction of sp³-hybridized carbons (Fsp3) is 0.143. The van der Waals surface area contributed by atoms with Gasteiger partial charge in [-0.3, -0.25) is 9.78 Å². The highest BCUT2D eigenvalue weighted by Gasteiger charge is 2.21. The van der Waals surface area contributed by atoms with Gasteiger partial charge < -0.3 is 5.32 Å². The molecular formula is C21H19N5O. The van der Waals surface area contributed by atoms with Gasteiger partial charge in [-0.1, -0.05) is 29.8 Å². The number of carbonyl (C=O) groups excluding carboxylic acids is 1. The average molecular weight is 357 g/mol. The van der Waals surface area contributed by atoms with Crippen LogP contribution in [0.5, 0.6) is 0 Å². The highest BCUT2D eigenvalue weighted by Crippen LogP contribution is 2.26. The lowest BCUT2D eigenvalue weighted by Crippen LogP contribution is -2.30. The van der Waals surface area contributed by atoms with E-state index < -0.39 is 0 Å². The Kier molecular flexibility index (Phi) is 4.38. The Balaban J connectivity index is 1.72. The van der Waals surface area contributed by atoms with E-state index in [0.717, 1.165) is 22.3 Å². The molecule has 3 aromatic heterocycles. The van der Waals surface area contributed by atoms with Crippen LogP contribution in [0.4, 0.5) is 0 Å². The monoisotopic (exact) mass is 357 g/mol. The van der Waals surface area contributed by atoms with Crippen LogP contribution in [0.25, 0.3) is 5.65 Å². The second kappa shape index (κ2) is 6.99. The molecule has 134 valence electrons. The summed E-state index contributed by atoms with van der Waals surface area (Å²) >= 11 is 0. The first-order valence-electron chi connectivity index (χ1n) is 8.70. The number of aryl methyl sites for hydroxylation is 2. The van der Waals surface area contributed by atoms with Crippen molar-refractivity contribution < 1.29 is 4.79 Å². The van der Waals surface area contributed by atoms with Crippen molar-refractivity contribution >= 4 is 11.6 Å². The number of fused-ring (bicyclic) bond motifs is 1. The van der Waals surface area contributed by atoms with E-state index in [1.807, 2.05) is 26.0 Å². The molecule has 6 heteroatoms. The summed E-state index contributed by atoms with van der Waals surface area (Å²) in [5.74, 6) is -0.254. The molecule has 4 aromatic rings. The van der Waals surface area contributed by atoms with Crippen LogP contribution in [0.3, 0.4) is 0 Å². The summed E-state index contributed by atoms with van der Waals surface area (Å²) in [5, 5.41) is 7.43. The average Bonchev–Trinajstić information content (AvgIpc) is 3.13. The van der Waals surface area contributed by atoms with Gasteiger partial charge in [-0.25, -0.2) is 9.50 Å². The lowest BCUT2D eigenvalue weighted by Gasteiger charge is -2.21. The first-order valence-corrected chi connectivity index (χ1v) is 8.70. The maximum atomic E-state index is 12.9. The molecule has 1 unspecified atom stereocenters. The van der Waals surface area contributed by atoms with Gasteiger partial charge in [-0.2, -0.15) is 5.10 Å². The van der Waals surface area contributed by atoms with Crippen molar-refractivity contribution in [1.29, 1.82) is 0 Å². The Morgan fingerprint density at radius 3 is 2.78 bits per heavy atom. The topological polar surface area (TPSA) is 72.2 Å². The molecule has 0 fully saturated rings. The minimum absolute atomic E-state index is 0.254. The van der Waals surface area contributed by atoms with Gasteiger partial charge in [0.2, 0.25) is 0 Å². The highest BCUT2D eigenvalue weighted by atomic mass is 16.2.